The van der Waals surface area contributed by atoms with Crippen LogP contribution in [-0.2, 0) is 6.42 Å². The summed E-state index contributed by atoms with van der Waals surface area (Å²) in [6.07, 6.45) is -0.489. The zero-order chi connectivity index (χ0) is 15.8. The van der Waals surface area contributed by atoms with Crippen LogP contribution in [-0.4, -0.2) is 22.6 Å². The molecule has 0 unspecified atom stereocenters. The number of nitrogens with zero attached hydrogens (tertiary/aromatic N) is 1. The fraction of sp³-hybridized carbons (Fsp3) is 0.333. The number of benzene rings is 1. The predicted molar refractivity (Wildman–Crippen MR) is 51.9 cm³/mol. The fourth-order valence-corrected chi connectivity index (χ4v) is 0.791. The Balaban J connectivity index is 3.41. The molecule has 0 saturated heterocycles. The summed E-state index contributed by atoms with van der Waals surface area (Å²) in [5.41, 5.74) is 4.13. The monoisotopic (exact) mass is 202 g/mol. The maximum Gasteiger partial charge on any atom is 0.269 e. The third-order valence-corrected chi connectivity index (χ3v) is 1.44. The van der Waals surface area contributed by atoms with Gasteiger partial charge in [0.2, 0.25) is 0 Å². The van der Waals surface area contributed by atoms with Gasteiger partial charge in [-0.1, -0.05) is 12.1 Å². The smallest absolute Gasteiger partial charge is 0.269 e. The van der Waals surface area contributed by atoms with E-state index >= 15 is 0 Å². The number of nitro benzene ring substituents is 1. The van der Waals surface area contributed by atoms with Crippen molar-refractivity contribution in [3.05, 3.63) is 39.8 Å². The summed E-state index contributed by atoms with van der Waals surface area (Å²) in [6.45, 7) is -2.77. The summed E-state index contributed by atoms with van der Waals surface area (Å²) in [6, 6.07) is -4.50. The maximum atomic E-state index is 10.7. The first-order valence-corrected chi connectivity index (χ1v) is 3.70. The Morgan fingerprint density at radius 3 is 2.64 bits per heavy atom. The Labute approximate surface area is 89.7 Å². The van der Waals surface area contributed by atoms with E-state index in [0.29, 0.717) is 0 Å². The molecule has 1 atom stereocenters. The van der Waals surface area contributed by atoms with Gasteiger partial charge in [0.25, 0.3) is 5.69 Å². The van der Waals surface area contributed by atoms with Gasteiger partial charge in [-0.05, 0) is 12.0 Å². The van der Waals surface area contributed by atoms with E-state index in [2.05, 4.69) is 0 Å². The van der Waals surface area contributed by atoms with Crippen LogP contribution in [0.25, 0.3) is 0 Å². The van der Waals surface area contributed by atoms with Crippen molar-refractivity contribution in [3.8, 4) is 0 Å². The molecule has 3 N–H and O–H groups in total. The third kappa shape index (κ3) is 2.79. The molecule has 0 heterocycles. The second-order valence-corrected chi connectivity index (χ2v) is 2.52. The van der Waals surface area contributed by atoms with Crippen LogP contribution in [0.3, 0.4) is 0 Å². The standard InChI is InChI=1S/C9H12N2O3/c10-8(6-12)5-7-1-3-9(4-2-7)11(13)14/h1-4,8,12H,5-6,10H2/t8-/m0/s1/i1D,2D,3D,4D,6D2. The Kier molecular flexibility index (Phi) is 1.63. The summed E-state index contributed by atoms with van der Waals surface area (Å²) < 4.78 is 44.2. The van der Waals surface area contributed by atoms with Crippen LogP contribution in [0.2, 0.25) is 0 Å². The van der Waals surface area contributed by atoms with Gasteiger partial charge in [-0.3, -0.25) is 10.1 Å². The summed E-state index contributed by atoms with van der Waals surface area (Å²) in [7, 11) is 0. The molecular formula is C9H12N2O3. The molecule has 5 nitrogen and oxygen atoms in total. The van der Waals surface area contributed by atoms with Crippen LogP contribution < -0.4 is 5.73 Å². The Morgan fingerprint density at radius 2 is 2.21 bits per heavy atom. The highest BCUT2D eigenvalue weighted by Gasteiger charge is 2.06. The minimum atomic E-state index is -2.77. The number of aliphatic hydroxyl groups is 1. The second-order valence-electron chi connectivity index (χ2n) is 2.52. The van der Waals surface area contributed by atoms with Crippen LogP contribution >= 0.6 is 0 Å². The van der Waals surface area contributed by atoms with Gasteiger partial charge in [0.1, 0.15) is 0 Å². The van der Waals surface area contributed by atoms with Crippen molar-refractivity contribution in [1.29, 1.82) is 0 Å². The van der Waals surface area contributed by atoms with Crippen molar-refractivity contribution < 1.29 is 18.3 Å². The molecule has 0 aliphatic carbocycles. The highest BCUT2D eigenvalue weighted by Crippen LogP contribution is 2.12. The van der Waals surface area contributed by atoms with Crippen LogP contribution in [0.15, 0.2) is 24.2 Å². The van der Waals surface area contributed by atoms with Gasteiger partial charge in [-0.25, -0.2) is 0 Å². The lowest BCUT2D eigenvalue weighted by molar-refractivity contribution is -0.384. The first-order chi connectivity index (χ1) is 8.98. The molecule has 0 spiro atoms. The van der Waals surface area contributed by atoms with E-state index in [1.165, 1.54) is 0 Å². The van der Waals surface area contributed by atoms with Crippen molar-refractivity contribution in [2.45, 2.75) is 12.5 Å². The second kappa shape index (κ2) is 4.69. The molecular weight excluding hydrogens is 184 g/mol. The molecule has 1 aromatic rings. The van der Waals surface area contributed by atoms with Gasteiger partial charge < -0.3 is 10.8 Å². The van der Waals surface area contributed by atoms with E-state index in [1.807, 2.05) is 0 Å². The molecule has 0 aliphatic heterocycles. The van der Waals surface area contributed by atoms with Crippen LogP contribution in [0.4, 0.5) is 5.69 Å². The third-order valence-electron chi connectivity index (χ3n) is 1.44. The zero-order valence-corrected chi connectivity index (χ0v) is 7.07. The average Bonchev–Trinajstić information content (AvgIpc) is 2.30. The molecule has 0 aromatic heterocycles. The number of rotatable bonds is 4. The number of hydrogen-bond acceptors (Lipinski definition) is 4. The van der Waals surface area contributed by atoms with Gasteiger partial charge in [0.05, 0.1) is 19.7 Å². The Morgan fingerprint density at radius 1 is 1.64 bits per heavy atom. The van der Waals surface area contributed by atoms with Gasteiger partial charge in [-0.15, -0.1) is 0 Å². The zero-order valence-electron chi connectivity index (χ0n) is 13.1. The fourth-order valence-electron chi connectivity index (χ4n) is 0.791. The largest absolute Gasteiger partial charge is 0.395 e. The van der Waals surface area contributed by atoms with E-state index in [0.717, 1.165) is 0 Å². The minimum Gasteiger partial charge on any atom is -0.395 e. The highest BCUT2D eigenvalue weighted by molar-refractivity contribution is 5.33. The minimum absolute atomic E-state index is 0.281. The van der Waals surface area contributed by atoms with E-state index in [1.54, 1.807) is 0 Å². The first kappa shape index (κ1) is 4.86. The molecule has 0 saturated carbocycles. The maximum absolute atomic E-state index is 10.7. The summed E-state index contributed by atoms with van der Waals surface area (Å²) in [4.78, 5) is 9.70. The lowest BCUT2D eigenvalue weighted by Gasteiger charge is -2.06. The first-order valence-electron chi connectivity index (χ1n) is 6.70. The molecule has 76 valence electrons. The SMILES string of the molecule is [2H]c1c([2H])c([N+](=O)[O-])c([2H])c([2H])c1C[C@H](N)C([2H])([2H])O. The summed E-state index contributed by atoms with van der Waals surface area (Å²) in [5, 5.41) is 19.8. The number of hydrogen-bond donors (Lipinski definition) is 2. The van der Waals surface area contributed by atoms with E-state index in [-0.39, 0.29) is 5.56 Å². The van der Waals surface area contributed by atoms with Crippen molar-refractivity contribution in [2.75, 3.05) is 6.56 Å². The number of nitro groups is 1. The molecule has 0 bridgehead atoms. The van der Waals surface area contributed by atoms with Crippen molar-refractivity contribution in [1.82, 2.24) is 0 Å². The molecule has 0 aliphatic rings. The normalized spacial score (nSPS) is 19.6. The quantitative estimate of drug-likeness (QED) is 0.548. The molecule has 1 rings (SSSR count). The van der Waals surface area contributed by atoms with Crippen molar-refractivity contribution in [3.63, 3.8) is 0 Å². The lowest BCUT2D eigenvalue weighted by Crippen LogP contribution is -2.26. The van der Waals surface area contributed by atoms with E-state index in [9.17, 15) is 10.1 Å². The molecule has 14 heavy (non-hydrogen) atoms. The molecule has 0 fully saturated rings. The molecule has 0 radical (unpaired) electrons. The summed E-state index contributed by atoms with van der Waals surface area (Å²) >= 11 is 0. The molecule has 0 amide bonds. The van der Waals surface area contributed by atoms with Crippen molar-refractivity contribution >= 4 is 5.69 Å². The van der Waals surface area contributed by atoms with Crippen LogP contribution in [0.1, 0.15) is 13.8 Å². The topological polar surface area (TPSA) is 89.4 Å². The van der Waals surface area contributed by atoms with Gasteiger partial charge in [0, 0.05) is 18.1 Å². The van der Waals surface area contributed by atoms with E-state index in [4.69, 9.17) is 19.1 Å². The summed E-state index contributed by atoms with van der Waals surface area (Å²) in [5.74, 6) is 0. The lowest BCUT2D eigenvalue weighted by atomic mass is 10.1. The van der Waals surface area contributed by atoms with Crippen molar-refractivity contribution in [2.24, 2.45) is 5.73 Å². The van der Waals surface area contributed by atoms with E-state index < -0.39 is 53.8 Å². The Bertz CT molecular complexity index is 531. The molecule has 5 heteroatoms. The van der Waals surface area contributed by atoms with Gasteiger partial charge >= 0.3 is 0 Å². The van der Waals surface area contributed by atoms with Gasteiger partial charge in [-0.2, -0.15) is 0 Å². The average molecular weight is 202 g/mol. The molecule has 1 aromatic carbocycles. The van der Waals surface area contributed by atoms with Crippen LogP contribution in [0, 0.1) is 10.1 Å². The predicted octanol–water partition coefficient (Wildman–Crippen LogP) is 0.457. The number of nitrogens with two attached hydrogens (primary N) is 1. The Hall–Kier alpha value is -1.46. The van der Waals surface area contributed by atoms with Crippen LogP contribution in [0.5, 0.6) is 0 Å². The van der Waals surface area contributed by atoms with Gasteiger partial charge in [0.15, 0.2) is 0 Å². The highest BCUT2D eigenvalue weighted by atomic mass is 16.6.